The fraction of sp³-hybridized carbons (Fsp3) is 0.138. The van der Waals surface area contributed by atoms with E-state index in [1.54, 1.807) is 6.07 Å². The van der Waals surface area contributed by atoms with Crippen LogP contribution in [0.15, 0.2) is 188 Å². The fourth-order valence-corrected chi connectivity index (χ4v) is 10.4. The van der Waals surface area contributed by atoms with Gasteiger partial charge in [-0.15, -0.1) is 11.3 Å². The second-order valence-corrected chi connectivity index (χ2v) is 17.4. The van der Waals surface area contributed by atoms with Crippen molar-refractivity contribution < 1.29 is 9.90 Å². The first-order chi connectivity index (χ1) is 30.9. The predicted molar refractivity (Wildman–Crippen MR) is 261 cm³/mol. The number of carboxylic acids is 1. The van der Waals surface area contributed by atoms with Crippen LogP contribution in [0, 0.1) is 18.3 Å². The van der Waals surface area contributed by atoms with Crippen molar-refractivity contribution in [3.8, 4) is 38.1 Å². The van der Waals surface area contributed by atoms with E-state index in [2.05, 4.69) is 176 Å². The molecular weight excluding hydrogens is 789 g/mol. The summed E-state index contributed by atoms with van der Waals surface area (Å²) in [4.78, 5) is 16.3. The lowest BCUT2D eigenvalue weighted by atomic mass is 9.67. The number of aryl methyl sites for hydroxylation is 2. The van der Waals surface area contributed by atoms with Gasteiger partial charge < -0.3 is 10.0 Å². The van der Waals surface area contributed by atoms with E-state index in [0.29, 0.717) is 5.56 Å². The minimum Gasteiger partial charge on any atom is -0.477 e. The van der Waals surface area contributed by atoms with Crippen molar-refractivity contribution >= 4 is 40.4 Å². The smallest absolute Gasteiger partial charge is 0.346 e. The van der Waals surface area contributed by atoms with Crippen molar-refractivity contribution in [3.05, 3.63) is 227 Å². The quantitative estimate of drug-likeness (QED) is 0.0673. The van der Waals surface area contributed by atoms with Gasteiger partial charge in [-0.3, -0.25) is 0 Å². The third-order valence-corrected chi connectivity index (χ3v) is 13.6. The number of nitrogens with zero attached hydrogens (tertiary/aromatic N) is 2. The summed E-state index contributed by atoms with van der Waals surface area (Å²) in [7, 11) is 0. The molecular formula is C58H48N2O2S. The third kappa shape index (κ3) is 8.03. The van der Waals surface area contributed by atoms with Gasteiger partial charge in [0.1, 0.15) is 11.6 Å². The first-order valence-corrected chi connectivity index (χ1v) is 22.6. The molecule has 1 aromatic heterocycles. The summed E-state index contributed by atoms with van der Waals surface area (Å²) in [6.07, 6.45) is 7.41. The van der Waals surface area contributed by atoms with E-state index in [4.69, 9.17) is 0 Å². The lowest BCUT2D eigenvalue weighted by molar-refractivity contribution is -0.132. The Labute approximate surface area is 374 Å². The number of thiophene rings is 1. The number of nitriles is 1. The Morgan fingerprint density at radius 3 is 1.84 bits per heavy atom. The molecule has 0 spiro atoms. The summed E-state index contributed by atoms with van der Waals surface area (Å²) in [6, 6.07) is 67.4. The number of carboxylic acid groups (broad SMARTS) is 1. The summed E-state index contributed by atoms with van der Waals surface area (Å²) in [6.45, 7) is 4.41. The summed E-state index contributed by atoms with van der Waals surface area (Å²) in [5, 5.41) is 18.8. The van der Waals surface area contributed by atoms with Crippen LogP contribution in [0.2, 0.25) is 0 Å². The Morgan fingerprint density at radius 2 is 1.24 bits per heavy atom. The Balaban J connectivity index is 1.18. The van der Waals surface area contributed by atoms with Gasteiger partial charge >= 0.3 is 5.97 Å². The molecule has 1 aliphatic rings. The standard InChI is InChI=1S/C58H48N2O2S/c1-3-4-5-8-13-41-22-31-48(32-23-41)58(47-29-18-40(2)19-30-47)53-37-45(43-24-20-42(21-25-43)36-46(39-59)57(61)62)28-35-52(53)56-54(58)38-55(63-56)44-26-33-51(34-27-44)60(49-14-9-6-10-15-49)50-16-11-7-12-17-50/h6-7,9-12,14-38H,3-5,8,13H2,1-2H3,(H,61,62)/b46-36-. The number of unbranched alkanes of at least 4 members (excludes halogenated alkanes) is 3. The van der Waals surface area contributed by atoms with E-state index < -0.39 is 11.4 Å². The van der Waals surface area contributed by atoms with Crippen molar-refractivity contribution in [3.63, 3.8) is 0 Å². The highest BCUT2D eigenvalue weighted by Gasteiger charge is 2.47. The number of hydrogen-bond donors (Lipinski definition) is 1. The topological polar surface area (TPSA) is 64.3 Å². The number of aliphatic carboxylic acids is 1. The Morgan fingerprint density at radius 1 is 0.651 bits per heavy atom. The summed E-state index contributed by atoms with van der Waals surface area (Å²) >= 11 is 1.86. The number of benzene rings is 7. The van der Waals surface area contributed by atoms with Gasteiger partial charge in [0.05, 0.1) is 5.41 Å². The predicted octanol–water partition coefficient (Wildman–Crippen LogP) is 15.3. The van der Waals surface area contributed by atoms with Crippen molar-refractivity contribution in [1.29, 1.82) is 5.26 Å². The molecule has 1 atom stereocenters. The second-order valence-electron chi connectivity index (χ2n) is 16.4. The van der Waals surface area contributed by atoms with E-state index in [1.807, 2.05) is 35.6 Å². The highest BCUT2D eigenvalue weighted by Crippen LogP contribution is 2.60. The fourth-order valence-electron chi connectivity index (χ4n) is 9.12. The summed E-state index contributed by atoms with van der Waals surface area (Å²) in [5.41, 5.74) is 15.1. The first-order valence-electron chi connectivity index (χ1n) is 21.8. The maximum Gasteiger partial charge on any atom is 0.346 e. The molecule has 4 nitrogen and oxygen atoms in total. The largest absolute Gasteiger partial charge is 0.477 e. The van der Waals surface area contributed by atoms with Gasteiger partial charge in [-0.25, -0.2) is 4.79 Å². The SMILES string of the molecule is CCCCCCc1ccc(C2(c3ccc(C)cc3)c3cc(-c4ccc(/C=C(/C#N)C(=O)O)cc4)ccc3-c3sc(-c4ccc(N(c5ccccc5)c5ccccc5)cc4)cc32)cc1. The van der Waals surface area contributed by atoms with Gasteiger partial charge in [-0.2, -0.15) is 5.26 Å². The van der Waals surface area contributed by atoms with Gasteiger partial charge in [0, 0.05) is 26.8 Å². The molecule has 0 saturated carbocycles. The van der Waals surface area contributed by atoms with E-state index >= 15 is 0 Å². The first kappa shape index (κ1) is 41.1. The van der Waals surface area contributed by atoms with Crippen LogP contribution in [0.5, 0.6) is 0 Å². The van der Waals surface area contributed by atoms with E-state index in [9.17, 15) is 15.2 Å². The zero-order valence-electron chi connectivity index (χ0n) is 35.6. The highest BCUT2D eigenvalue weighted by atomic mass is 32.1. The average molecular weight is 837 g/mol. The van der Waals surface area contributed by atoms with Crippen molar-refractivity contribution in [1.82, 2.24) is 0 Å². The molecule has 0 saturated heterocycles. The molecule has 1 aliphatic carbocycles. The number of carbonyl (C=O) groups is 1. The minimum absolute atomic E-state index is 0.294. The summed E-state index contributed by atoms with van der Waals surface area (Å²) < 4.78 is 0. The number of para-hydroxylation sites is 2. The van der Waals surface area contributed by atoms with Gasteiger partial charge in [0.2, 0.25) is 0 Å². The van der Waals surface area contributed by atoms with E-state index in [-0.39, 0.29) is 5.57 Å². The molecule has 0 aliphatic heterocycles. The Bertz CT molecular complexity index is 2900. The molecule has 0 radical (unpaired) electrons. The maximum atomic E-state index is 11.6. The molecule has 8 aromatic rings. The normalized spacial score (nSPS) is 14.1. The van der Waals surface area contributed by atoms with Crippen LogP contribution in [0.25, 0.3) is 38.1 Å². The van der Waals surface area contributed by atoms with Gasteiger partial charge in [-0.05, 0) is 130 Å². The molecule has 9 rings (SSSR count). The molecule has 63 heavy (non-hydrogen) atoms. The molecule has 5 heteroatoms. The zero-order valence-corrected chi connectivity index (χ0v) is 36.4. The lowest BCUT2D eigenvalue weighted by Gasteiger charge is -2.34. The number of rotatable bonds is 14. The molecule has 7 aromatic carbocycles. The molecule has 308 valence electrons. The van der Waals surface area contributed by atoms with Crippen LogP contribution in [0.3, 0.4) is 0 Å². The molecule has 1 heterocycles. The molecule has 1 unspecified atom stereocenters. The van der Waals surface area contributed by atoms with Crippen molar-refractivity contribution in [2.24, 2.45) is 0 Å². The number of fused-ring (bicyclic) bond motifs is 3. The Kier molecular flexibility index (Phi) is 11.7. The molecule has 0 fully saturated rings. The number of anilines is 3. The van der Waals surface area contributed by atoms with E-state index in [0.717, 1.165) is 34.6 Å². The van der Waals surface area contributed by atoms with Gasteiger partial charge in [-0.1, -0.05) is 165 Å². The second kappa shape index (κ2) is 18.0. The third-order valence-electron chi connectivity index (χ3n) is 12.3. The molecule has 0 bridgehead atoms. The van der Waals surface area contributed by atoms with Crippen molar-refractivity contribution in [2.45, 2.75) is 51.4 Å². The monoisotopic (exact) mass is 836 g/mol. The number of hydrogen-bond acceptors (Lipinski definition) is 4. The average Bonchev–Trinajstić information content (AvgIpc) is 3.88. The van der Waals surface area contributed by atoms with Crippen molar-refractivity contribution in [2.75, 3.05) is 4.90 Å². The van der Waals surface area contributed by atoms with Crippen LogP contribution < -0.4 is 4.90 Å². The summed E-state index contributed by atoms with van der Waals surface area (Å²) in [5.74, 6) is -1.23. The van der Waals surface area contributed by atoms with Gasteiger partial charge in [0.15, 0.2) is 0 Å². The highest BCUT2D eigenvalue weighted by molar-refractivity contribution is 7.19. The van der Waals surface area contributed by atoms with Crippen LogP contribution >= 0.6 is 11.3 Å². The minimum atomic E-state index is -1.23. The van der Waals surface area contributed by atoms with E-state index in [1.165, 1.54) is 86.0 Å². The molecule has 0 amide bonds. The maximum absolute atomic E-state index is 11.6. The Hall–Kier alpha value is -7.26. The van der Waals surface area contributed by atoms with Crippen LogP contribution in [-0.2, 0) is 16.6 Å². The molecule has 1 N–H and O–H groups in total. The van der Waals surface area contributed by atoms with Gasteiger partial charge in [0.25, 0.3) is 0 Å². The zero-order chi connectivity index (χ0) is 43.3. The lowest BCUT2D eigenvalue weighted by Crippen LogP contribution is -2.28. The van der Waals surface area contributed by atoms with Crippen LogP contribution in [0.4, 0.5) is 17.1 Å². The van der Waals surface area contributed by atoms with Crippen LogP contribution in [-0.4, -0.2) is 11.1 Å². The van der Waals surface area contributed by atoms with Crippen LogP contribution in [0.1, 0.15) is 71.6 Å².